The molecule has 4 rings (SSSR count). The van der Waals surface area contributed by atoms with Gasteiger partial charge in [-0.2, -0.15) is 0 Å². The first-order valence-corrected chi connectivity index (χ1v) is 10.9. The molecule has 5 heteroatoms. The number of ketones is 1. The molecular formula is C26H30N3O2+. The lowest BCUT2D eigenvalue weighted by Crippen LogP contribution is -2.48. The second-order valence-electron chi connectivity index (χ2n) is 8.73. The third-order valence-electron chi connectivity index (χ3n) is 6.74. The van der Waals surface area contributed by atoms with Crippen LogP contribution in [0.5, 0.6) is 0 Å². The number of Topliss-reactive ketones (excluding diaryl/α,β-unsaturated/α-hetero) is 1. The Balaban J connectivity index is 1.73. The molecule has 1 amide bonds. The van der Waals surface area contributed by atoms with E-state index < -0.39 is 5.41 Å². The Hall–Kier alpha value is -3.21. The van der Waals surface area contributed by atoms with Crippen molar-refractivity contribution in [3.8, 4) is 0 Å². The van der Waals surface area contributed by atoms with Gasteiger partial charge in [0.25, 0.3) is 0 Å². The van der Waals surface area contributed by atoms with E-state index in [-0.39, 0.29) is 23.7 Å². The van der Waals surface area contributed by atoms with Crippen LogP contribution < -0.4 is 10.3 Å². The molecular weight excluding hydrogens is 386 g/mol. The number of hydrogen-bond acceptors (Lipinski definition) is 2. The molecule has 2 atom stereocenters. The topological polar surface area (TPSA) is 69.0 Å². The standard InChI is InChI=1S/C26H29N3O2/c1-19-16-29(18-28(19)17-20(2)30)24-14-13-23(15-24)26(25(27)31,21-9-5-3-6-10-21)22-11-7-4-8-12-22/h3-12,16,18,23-24H,13-15,17H2,1-2H3,(H-,27,31)/p+1. The number of hydrogen-bond donors (Lipinski definition) is 1. The number of rotatable bonds is 7. The van der Waals surface area contributed by atoms with Crippen molar-refractivity contribution in [3.05, 3.63) is 90.0 Å². The first kappa shape index (κ1) is 21.0. The van der Waals surface area contributed by atoms with Crippen LogP contribution in [-0.2, 0) is 21.5 Å². The van der Waals surface area contributed by atoms with Crippen LogP contribution >= 0.6 is 0 Å². The molecule has 0 bridgehead atoms. The van der Waals surface area contributed by atoms with Crippen LogP contribution in [0.15, 0.2) is 73.2 Å². The molecule has 0 aliphatic heterocycles. The van der Waals surface area contributed by atoms with Gasteiger partial charge in [-0.15, -0.1) is 0 Å². The van der Waals surface area contributed by atoms with Gasteiger partial charge in [-0.05, 0) is 43.2 Å². The van der Waals surface area contributed by atoms with E-state index in [1.807, 2.05) is 78.5 Å². The van der Waals surface area contributed by atoms with Crippen molar-refractivity contribution in [1.29, 1.82) is 0 Å². The highest BCUT2D eigenvalue weighted by atomic mass is 16.1. The van der Waals surface area contributed by atoms with Gasteiger partial charge >= 0.3 is 0 Å². The lowest BCUT2D eigenvalue weighted by Gasteiger charge is -2.37. The van der Waals surface area contributed by atoms with Gasteiger partial charge in [0.1, 0.15) is 29.9 Å². The number of amides is 1. The van der Waals surface area contributed by atoms with E-state index in [0.29, 0.717) is 6.54 Å². The normalized spacial score (nSPS) is 18.8. The van der Waals surface area contributed by atoms with Crippen molar-refractivity contribution in [2.75, 3.05) is 0 Å². The molecule has 1 fully saturated rings. The van der Waals surface area contributed by atoms with Crippen molar-refractivity contribution >= 4 is 11.7 Å². The van der Waals surface area contributed by atoms with Gasteiger partial charge < -0.3 is 5.73 Å². The zero-order valence-electron chi connectivity index (χ0n) is 18.2. The Morgan fingerprint density at radius 1 is 1.03 bits per heavy atom. The monoisotopic (exact) mass is 416 g/mol. The van der Waals surface area contributed by atoms with Gasteiger partial charge in [-0.3, -0.25) is 9.59 Å². The smallest absolute Gasteiger partial charge is 0.244 e. The molecule has 1 aliphatic carbocycles. The molecule has 2 aromatic carbocycles. The lowest BCUT2D eigenvalue weighted by atomic mass is 9.64. The molecule has 0 radical (unpaired) electrons. The Kier molecular flexibility index (Phi) is 5.77. The highest BCUT2D eigenvalue weighted by Gasteiger charge is 2.50. The van der Waals surface area contributed by atoms with E-state index in [0.717, 1.165) is 36.1 Å². The number of primary amides is 1. The molecule has 1 aromatic heterocycles. The van der Waals surface area contributed by atoms with Crippen molar-refractivity contribution < 1.29 is 14.2 Å². The minimum absolute atomic E-state index is 0.0868. The van der Waals surface area contributed by atoms with Gasteiger partial charge in [0, 0.05) is 6.92 Å². The third kappa shape index (κ3) is 3.80. The van der Waals surface area contributed by atoms with E-state index >= 15 is 0 Å². The SMILES string of the molecule is CC(=O)Cn1c[n+](C2CCC(C(C(N)=O)(c3ccccc3)c3ccccc3)C2)cc1C. The van der Waals surface area contributed by atoms with Gasteiger partial charge in [-0.1, -0.05) is 60.7 Å². The van der Waals surface area contributed by atoms with Crippen LogP contribution in [0, 0.1) is 12.8 Å². The minimum Gasteiger partial charge on any atom is -0.369 e. The van der Waals surface area contributed by atoms with Crippen LogP contribution in [0.25, 0.3) is 0 Å². The molecule has 160 valence electrons. The number of nitrogens with two attached hydrogens (primary N) is 1. The molecule has 0 spiro atoms. The average molecular weight is 417 g/mol. The Labute approximate surface area is 183 Å². The summed E-state index contributed by atoms with van der Waals surface area (Å²) in [6, 6.07) is 20.2. The molecule has 2 N–H and O–H groups in total. The Bertz CT molecular complexity index is 1030. The quantitative estimate of drug-likeness (QED) is 0.599. The molecule has 1 heterocycles. The summed E-state index contributed by atoms with van der Waals surface area (Å²) in [5, 5.41) is 0. The molecule has 5 nitrogen and oxygen atoms in total. The number of carbonyl (C=O) groups is 2. The summed E-state index contributed by atoms with van der Waals surface area (Å²) in [4.78, 5) is 24.8. The van der Waals surface area contributed by atoms with E-state index in [2.05, 4.69) is 10.8 Å². The predicted octanol–water partition coefficient (Wildman–Crippen LogP) is 3.49. The fraction of sp³-hybridized carbons (Fsp3) is 0.346. The molecule has 0 saturated heterocycles. The molecule has 2 unspecified atom stereocenters. The van der Waals surface area contributed by atoms with E-state index in [9.17, 15) is 9.59 Å². The fourth-order valence-electron chi connectivity index (χ4n) is 5.33. The fourth-order valence-corrected chi connectivity index (χ4v) is 5.33. The second-order valence-corrected chi connectivity index (χ2v) is 8.73. The van der Waals surface area contributed by atoms with Gasteiger partial charge in [0.05, 0.1) is 0 Å². The van der Waals surface area contributed by atoms with Crippen LogP contribution in [0.1, 0.15) is 49.0 Å². The Morgan fingerprint density at radius 3 is 2.13 bits per heavy atom. The number of nitrogens with zero attached hydrogens (tertiary/aromatic N) is 2. The maximum absolute atomic E-state index is 13.2. The maximum atomic E-state index is 13.2. The highest BCUT2D eigenvalue weighted by Crippen LogP contribution is 2.48. The van der Waals surface area contributed by atoms with E-state index in [1.165, 1.54) is 0 Å². The van der Waals surface area contributed by atoms with Crippen LogP contribution in [0.4, 0.5) is 0 Å². The average Bonchev–Trinajstić information content (AvgIpc) is 3.37. The van der Waals surface area contributed by atoms with E-state index in [1.54, 1.807) is 6.92 Å². The number of carbonyl (C=O) groups excluding carboxylic acids is 2. The van der Waals surface area contributed by atoms with Crippen LogP contribution in [0.3, 0.4) is 0 Å². The molecule has 1 aliphatic rings. The number of imidazole rings is 1. The minimum atomic E-state index is -0.866. The van der Waals surface area contributed by atoms with Gasteiger partial charge in [0.2, 0.25) is 12.2 Å². The first-order valence-electron chi connectivity index (χ1n) is 10.9. The van der Waals surface area contributed by atoms with E-state index in [4.69, 9.17) is 5.73 Å². The zero-order valence-corrected chi connectivity index (χ0v) is 18.2. The molecule has 1 saturated carbocycles. The molecule has 3 aromatic rings. The van der Waals surface area contributed by atoms with Crippen molar-refractivity contribution in [2.24, 2.45) is 11.7 Å². The van der Waals surface area contributed by atoms with Gasteiger partial charge in [0.15, 0.2) is 5.78 Å². The summed E-state index contributed by atoms with van der Waals surface area (Å²) >= 11 is 0. The lowest BCUT2D eigenvalue weighted by molar-refractivity contribution is -0.721. The van der Waals surface area contributed by atoms with Crippen molar-refractivity contribution in [1.82, 2.24) is 4.57 Å². The Morgan fingerprint density at radius 2 is 1.61 bits per heavy atom. The number of aryl methyl sites for hydroxylation is 1. The molecule has 31 heavy (non-hydrogen) atoms. The third-order valence-corrected chi connectivity index (χ3v) is 6.74. The van der Waals surface area contributed by atoms with Crippen LogP contribution in [-0.4, -0.2) is 16.3 Å². The zero-order chi connectivity index (χ0) is 22.0. The summed E-state index contributed by atoms with van der Waals surface area (Å²) in [5.74, 6) is -0.0781. The summed E-state index contributed by atoms with van der Waals surface area (Å²) in [6.45, 7) is 4.01. The van der Waals surface area contributed by atoms with Crippen molar-refractivity contribution in [3.63, 3.8) is 0 Å². The predicted molar refractivity (Wildman–Crippen MR) is 119 cm³/mol. The summed E-state index contributed by atoms with van der Waals surface area (Å²) in [7, 11) is 0. The van der Waals surface area contributed by atoms with Gasteiger partial charge in [-0.25, -0.2) is 9.13 Å². The summed E-state index contributed by atoms with van der Waals surface area (Å²) < 4.78 is 4.20. The maximum Gasteiger partial charge on any atom is 0.244 e. The van der Waals surface area contributed by atoms with Crippen molar-refractivity contribution in [2.45, 2.75) is 51.1 Å². The summed E-state index contributed by atoms with van der Waals surface area (Å²) in [5.41, 5.74) is 8.30. The largest absolute Gasteiger partial charge is 0.369 e. The second kappa shape index (κ2) is 8.50. The number of benzene rings is 2. The first-order chi connectivity index (χ1) is 14.9. The van der Waals surface area contributed by atoms with Crippen LogP contribution in [0.2, 0.25) is 0 Å². The summed E-state index contributed by atoms with van der Waals surface area (Å²) in [6.07, 6.45) is 6.85. The highest BCUT2D eigenvalue weighted by molar-refractivity contribution is 5.91. The number of aromatic nitrogens is 2.